The molecule has 0 heterocycles. The SMILES string of the molecule is CC(C)[C@H](C)C(=O)[C@@H]1CCCC[C@@H]1C(=O)NCCCN(C)C. The highest BCUT2D eigenvalue weighted by Crippen LogP contribution is 2.34. The summed E-state index contributed by atoms with van der Waals surface area (Å²) < 4.78 is 0. The summed E-state index contributed by atoms with van der Waals surface area (Å²) in [6.07, 6.45) is 4.83. The number of amides is 1. The molecule has 0 radical (unpaired) electrons. The van der Waals surface area contributed by atoms with Crippen LogP contribution in [-0.2, 0) is 9.59 Å². The molecule has 22 heavy (non-hydrogen) atoms. The van der Waals surface area contributed by atoms with Gasteiger partial charge in [0.05, 0.1) is 0 Å². The third kappa shape index (κ3) is 5.71. The lowest BCUT2D eigenvalue weighted by molar-refractivity contribution is -0.138. The minimum Gasteiger partial charge on any atom is -0.356 e. The second-order valence-corrected chi connectivity index (χ2v) is 7.38. The molecule has 3 atom stereocenters. The van der Waals surface area contributed by atoms with Crippen LogP contribution in [0.4, 0.5) is 0 Å². The molecule has 0 bridgehead atoms. The summed E-state index contributed by atoms with van der Waals surface area (Å²) in [4.78, 5) is 27.3. The van der Waals surface area contributed by atoms with E-state index < -0.39 is 0 Å². The van der Waals surface area contributed by atoms with Crippen molar-refractivity contribution in [1.82, 2.24) is 10.2 Å². The molecule has 1 rings (SSSR count). The summed E-state index contributed by atoms with van der Waals surface area (Å²) in [5, 5.41) is 3.04. The van der Waals surface area contributed by atoms with E-state index in [1.165, 1.54) is 0 Å². The number of carbonyl (C=O) groups is 2. The van der Waals surface area contributed by atoms with Crippen molar-refractivity contribution >= 4 is 11.7 Å². The van der Waals surface area contributed by atoms with Gasteiger partial charge in [0, 0.05) is 24.3 Å². The highest BCUT2D eigenvalue weighted by Gasteiger charge is 2.37. The molecule has 1 aliphatic rings. The lowest BCUT2D eigenvalue weighted by Gasteiger charge is -2.32. The fourth-order valence-electron chi connectivity index (χ4n) is 3.19. The molecule has 4 nitrogen and oxygen atoms in total. The first kappa shape index (κ1) is 19.1. The molecule has 128 valence electrons. The zero-order valence-electron chi connectivity index (χ0n) is 15.0. The number of hydrogen-bond acceptors (Lipinski definition) is 3. The molecule has 1 amide bonds. The predicted octanol–water partition coefficient (Wildman–Crippen LogP) is 2.72. The highest BCUT2D eigenvalue weighted by atomic mass is 16.2. The fraction of sp³-hybridized carbons (Fsp3) is 0.889. The van der Waals surface area contributed by atoms with E-state index in [2.05, 4.69) is 24.1 Å². The Labute approximate surface area is 136 Å². The molecule has 0 aromatic carbocycles. The quantitative estimate of drug-likeness (QED) is 0.701. The van der Waals surface area contributed by atoms with Crippen molar-refractivity contribution in [1.29, 1.82) is 0 Å². The number of hydrogen-bond donors (Lipinski definition) is 1. The summed E-state index contributed by atoms with van der Waals surface area (Å²) in [5.74, 6) is 0.600. The van der Waals surface area contributed by atoms with Crippen molar-refractivity contribution in [2.75, 3.05) is 27.2 Å². The Balaban J connectivity index is 2.57. The van der Waals surface area contributed by atoms with Crippen LogP contribution in [0.1, 0.15) is 52.9 Å². The van der Waals surface area contributed by atoms with Crippen molar-refractivity contribution in [2.24, 2.45) is 23.7 Å². The van der Waals surface area contributed by atoms with Gasteiger partial charge in [0.15, 0.2) is 0 Å². The van der Waals surface area contributed by atoms with Crippen molar-refractivity contribution in [2.45, 2.75) is 52.9 Å². The van der Waals surface area contributed by atoms with Gasteiger partial charge >= 0.3 is 0 Å². The molecule has 0 aliphatic heterocycles. The smallest absolute Gasteiger partial charge is 0.223 e. The molecule has 0 saturated heterocycles. The first-order chi connectivity index (χ1) is 10.3. The van der Waals surface area contributed by atoms with Crippen LogP contribution in [-0.4, -0.2) is 43.8 Å². The average molecular weight is 310 g/mol. The molecule has 1 fully saturated rings. The monoisotopic (exact) mass is 310 g/mol. The van der Waals surface area contributed by atoms with Gasteiger partial charge in [-0.2, -0.15) is 0 Å². The van der Waals surface area contributed by atoms with Gasteiger partial charge in [-0.25, -0.2) is 0 Å². The van der Waals surface area contributed by atoms with Gasteiger partial charge in [-0.1, -0.05) is 33.6 Å². The lowest BCUT2D eigenvalue weighted by Crippen LogP contribution is -2.42. The Hall–Kier alpha value is -0.900. The maximum Gasteiger partial charge on any atom is 0.223 e. The first-order valence-corrected chi connectivity index (χ1v) is 8.80. The Morgan fingerprint density at radius 2 is 1.68 bits per heavy atom. The van der Waals surface area contributed by atoms with Crippen LogP contribution in [0.5, 0.6) is 0 Å². The van der Waals surface area contributed by atoms with E-state index in [1.54, 1.807) is 0 Å². The Morgan fingerprint density at radius 3 is 2.23 bits per heavy atom. The van der Waals surface area contributed by atoms with Gasteiger partial charge in [-0.05, 0) is 45.8 Å². The van der Waals surface area contributed by atoms with E-state index in [9.17, 15) is 9.59 Å². The minimum absolute atomic E-state index is 0.0483. The zero-order chi connectivity index (χ0) is 16.7. The lowest BCUT2D eigenvalue weighted by atomic mass is 9.72. The topological polar surface area (TPSA) is 49.4 Å². The van der Waals surface area contributed by atoms with E-state index in [0.717, 1.165) is 38.6 Å². The normalized spacial score (nSPS) is 23.6. The zero-order valence-corrected chi connectivity index (χ0v) is 15.0. The molecule has 1 aliphatic carbocycles. The summed E-state index contributed by atoms with van der Waals surface area (Å²) in [5.41, 5.74) is 0. The summed E-state index contributed by atoms with van der Waals surface area (Å²) in [6, 6.07) is 0. The van der Waals surface area contributed by atoms with Crippen molar-refractivity contribution in [3.05, 3.63) is 0 Å². The third-order valence-electron chi connectivity index (χ3n) is 5.00. The Kier molecular flexibility index (Phi) is 8.08. The van der Waals surface area contributed by atoms with E-state index in [0.29, 0.717) is 18.2 Å². The number of ketones is 1. The second-order valence-electron chi connectivity index (χ2n) is 7.38. The summed E-state index contributed by atoms with van der Waals surface area (Å²) in [6.45, 7) is 7.85. The molecule has 4 heteroatoms. The van der Waals surface area contributed by atoms with Gasteiger partial charge in [0.25, 0.3) is 0 Å². The van der Waals surface area contributed by atoms with E-state index in [-0.39, 0.29) is 23.7 Å². The number of Topliss-reactive ketones (excluding diaryl/α,β-unsaturated/α-hetero) is 1. The van der Waals surface area contributed by atoms with Crippen molar-refractivity contribution in [3.8, 4) is 0 Å². The molecule has 0 spiro atoms. The van der Waals surface area contributed by atoms with Crippen LogP contribution in [0.25, 0.3) is 0 Å². The minimum atomic E-state index is -0.109. The van der Waals surface area contributed by atoms with E-state index in [4.69, 9.17) is 0 Å². The van der Waals surface area contributed by atoms with Crippen molar-refractivity contribution < 1.29 is 9.59 Å². The Bertz CT molecular complexity index is 366. The summed E-state index contributed by atoms with van der Waals surface area (Å²) >= 11 is 0. The third-order valence-corrected chi connectivity index (χ3v) is 5.00. The van der Waals surface area contributed by atoms with Gasteiger partial charge < -0.3 is 10.2 Å². The fourth-order valence-corrected chi connectivity index (χ4v) is 3.19. The maximum absolute atomic E-state index is 12.7. The maximum atomic E-state index is 12.7. The van der Waals surface area contributed by atoms with Crippen LogP contribution in [0.2, 0.25) is 0 Å². The van der Waals surface area contributed by atoms with Crippen LogP contribution >= 0.6 is 0 Å². The number of carbonyl (C=O) groups excluding carboxylic acids is 2. The first-order valence-electron chi connectivity index (χ1n) is 8.80. The summed E-state index contributed by atoms with van der Waals surface area (Å²) in [7, 11) is 4.07. The molecule has 1 N–H and O–H groups in total. The number of nitrogens with one attached hydrogen (secondary N) is 1. The van der Waals surface area contributed by atoms with Gasteiger partial charge in [0.2, 0.25) is 5.91 Å². The molecule has 0 aromatic rings. The van der Waals surface area contributed by atoms with Crippen LogP contribution < -0.4 is 5.32 Å². The molecular weight excluding hydrogens is 276 g/mol. The van der Waals surface area contributed by atoms with Crippen LogP contribution in [0, 0.1) is 23.7 Å². The van der Waals surface area contributed by atoms with Gasteiger partial charge in [0.1, 0.15) is 5.78 Å². The molecule has 0 unspecified atom stereocenters. The van der Waals surface area contributed by atoms with Gasteiger partial charge in [-0.15, -0.1) is 0 Å². The molecule has 0 aromatic heterocycles. The predicted molar refractivity (Wildman–Crippen MR) is 90.6 cm³/mol. The van der Waals surface area contributed by atoms with Crippen molar-refractivity contribution in [3.63, 3.8) is 0 Å². The van der Waals surface area contributed by atoms with Crippen LogP contribution in [0.15, 0.2) is 0 Å². The van der Waals surface area contributed by atoms with Crippen LogP contribution in [0.3, 0.4) is 0 Å². The Morgan fingerprint density at radius 1 is 1.09 bits per heavy atom. The number of nitrogens with zero attached hydrogens (tertiary/aromatic N) is 1. The largest absolute Gasteiger partial charge is 0.356 e. The van der Waals surface area contributed by atoms with Gasteiger partial charge in [-0.3, -0.25) is 9.59 Å². The average Bonchev–Trinajstić information content (AvgIpc) is 2.49. The molecule has 1 saturated carbocycles. The standard InChI is InChI=1S/C18H34N2O2/c1-13(2)14(3)17(21)15-9-6-7-10-16(15)18(22)19-11-8-12-20(4)5/h13-16H,6-12H2,1-5H3,(H,19,22)/t14-,15+,16-/m0/s1. The second kappa shape index (κ2) is 9.29. The number of rotatable bonds is 8. The van der Waals surface area contributed by atoms with E-state index in [1.807, 2.05) is 21.0 Å². The molecular formula is C18H34N2O2. The highest BCUT2D eigenvalue weighted by molar-refractivity contribution is 5.90. The van der Waals surface area contributed by atoms with E-state index >= 15 is 0 Å².